The van der Waals surface area contributed by atoms with Crippen molar-refractivity contribution >= 4 is 23.5 Å². The third-order valence-corrected chi connectivity index (χ3v) is 6.35. The summed E-state index contributed by atoms with van der Waals surface area (Å²) in [6.07, 6.45) is 5.83. The third-order valence-electron chi connectivity index (χ3n) is 6.35. The van der Waals surface area contributed by atoms with Crippen LogP contribution in [0.25, 0.3) is 0 Å². The Morgan fingerprint density at radius 1 is 1.26 bits per heavy atom. The van der Waals surface area contributed by atoms with Crippen molar-refractivity contribution < 1.29 is 32.7 Å². The normalized spacial score (nSPS) is 25.1. The zero-order valence-electron chi connectivity index (χ0n) is 17.0. The quantitative estimate of drug-likeness (QED) is 0.745. The molecule has 2 amide bonds. The molecule has 2 heterocycles. The summed E-state index contributed by atoms with van der Waals surface area (Å²) >= 11 is 0. The maximum Gasteiger partial charge on any atom is 0.490 e. The van der Waals surface area contributed by atoms with Gasteiger partial charge in [0.05, 0.1) is 11.9 Å². The Morgan fingerprint density at radius 3 is 2.52 bits per heavy atom. The summed E-state index contributed by atoms with van der Waals surface area (Å²) in [6, 6.07) is 3.67. The number of halogens is 3. The minimum absolute atomic E-state index is 0.0393. The number of alkyl halides is 3. The van der Waals surface area contributed by atoms with Crippen LogP contribution in [0.5, 0.6) is 0 Å². The predicted octanol–water partition coefficient (Wildman–Crippen LogP) is 3.47. The van der Waals surface area contributed by atoms with Gasteiger partial charge in [-0.1, -0.05) is 12.8 Å². The molecule has 3 aliphatic rings. The van der Waals surface area contributed by atoms with E-state index in [0.29, 0.717) is 18.2 Å². The first-order chi connectivity index (χ1) is 14.6. The number of carbonyl (C=O) groups excluding carboxylic acids is 2. The van der Waals surface area contributed by atoms with E-state index in [1.165, 1.54) is 25.7 Å². The first-order valence-electron chi connectivity index (χ1n) is 10.4. The van der Waals surface area contributed by atoms with Crippen LogP contribution in [-0.2, 0) is 14.4 Å². The number of carbonyl (C=O) groups is 3. The molecule has 1 aliphatic heterocycles. The summed E-state index contributed by atoms with van der Waals surface area (Å²) in [5.41, 5.74) is 0.786. The Kier molecular flexibility index (Phi) is 6.86. The molecule has 1 saturated heterocycles. The lowest BCUT2D eigenvalue weighted by Gasteiger charge is -2.19. The number of carboxylic acids is 1. The molecule has 1 aromatic heterocycles. The van der Waals surface area contributed by atoms with Gasteiger partial charge < -0.3 is 15.3 Å². The van der Waals surface area contributed by atoms with Gasteiger partial charge in [-0.05, 0) is 43.7 Å². The predicted molar refractivity (Wildman–Crippen MR) is 105 cm³/mol. The molecular weight excluding hydrogens is 415 g/mol. The number of hydrogen-bond acceptors (Lipinski definition) is 4. The second kappa shape index (κ2) is 9.23. The zero-order chi connectivity index (χ0) is 22.6. The van der Waals surface area contributed by atoms with E-state index in [1.54, 1.807) is 12.4 Å². The van der Waals surface area contributed by atoms with Crippen LogP contribution in [0.15, 0.2) is 24.5 Å². The van der Waals surface area contributed by atoms with Gasteiger partial charge >= 0.3 is 12.1 Å². The molecule has 2 saturated carbocycles. The Balaban J connectivity index is 0.000000339. The lowest BCUT2D eigenvalue weighted by atomic mass is 10.0. The smallest absolute Gasteiger partial charge is 0.475 e. The molecule has 2 N–H and O–H groups in total. The Labute approximate surface area is 178 Å². The van der Waals surface area contributed by atoms with Crippen LogP contribution < -0.4 is 5.32 Å². The second-order valence-corrected chi connectivity index (χ2v) is 8.57. The maximum absolute atomic E-state index is 12.5. The van der Waals surface area contributed by atoms with Crippen molar-refractivity contribution in [2.75, 3.05) is 18.4 Å². The van der Waals surface area contributed by atoms with Crippen molar-refractivity contribution in [3.63, 3.8) is 0 Å². The highest BCUT2D eigenvalue weighted by Crippen LogP contribution is 2.59. The minimum atomic E-state index is -5.08. The highest BCUT2D eigenvalue weighted by atomic mass is 19.4. The van der Waals surface area contributed by atoms with Gasteiger partial charge in [-0.3, -0.25) is 14.6 Å². The molecular formula is C21H26F3N3O4. The van der Waals surface area contributed by atoms with Gasteiger partial charge in [0.2, 0.25) is 11.8 Å². The molecule has 1 aromatic rings. The van der Waals surface area contributed by atoms with Gasteiger partial charge in [0, 0.05) is 37.0 Å². The number of carboxylic acid groups (broad SMARTS) is 1. The van der Waals surface area contributed by atoms with Gasteiger partial charge in [-0.15, -0.1) is 0 Å². The van der Waals surface area contributed by atoms with Crippen molar-refractivity contribution in [2.24, 2.45) is 17.3 Å². The summed E-state index contributed by atoms with van der Waals surface area (Å²) in [5, 5.41) is 10.1. The number of pyridine rings is 1. The summed E-state index contributed by atoms with van der Waals surface area (Å²) in [4.78, 5) is 39.9. The average molecular weight is 441 g/mol. The maximum atomic E-state index is 12.5. The van der Waals surface area contributed by atoms with Crippen LogP contribution in [-0.4, -0.2) is 52.0 Å². The number of aromatic nitrogens is 1. The van der Waals surface area contributed by atoms with Gasteiger partial charge in [-0.25, -0.2) is 4.79 Å². The molecule has 2 aliphatic carbocycles. The molecule has 2 unspecified atom stereocenters. The second-order valence-electron chi connectivity index (χ2n) is 8.57. The summed E-state index contributed by atoms with van der Waals surface area (Å²) in [7, 11) is 0. The molecule has 2 atom stereocenters. The van der Waals surface area contributed by atoms with Crippen molar-refractivity contribution in [1.29, 1.82) is 0 Å². The van der Waals surface area contributed by atoms with Crippen molar-refractivity contribution in [3.8, 4) is 0 Å². The van der Waals surface area contributed by atoms with Gasteiger partial charge in [-0.2, -0.15) is 13.2 Å². The molecule has 170 valence electrons. The van der Waals surface area contributed by atoms with Crippen LogP contribution >= 0.6 is 0 Å². The molecule has 10 heteroatoms. The van der Waals surface area contributed by atoms with E-state index in [-0.39, 0.29) is 17.2 Å². The summed E-state index contributed by atoms with van der Waals surface area (Å²) in [6.45, 7) is 1.59. The molecule has 0 aromatic carbocycles. The van der Waals surface area contributed by atoms with Crippen LogP contribution in [0.2, 0.25) is 0 Å². The van der Waals surface area contributed by atoms with Gasteiger partial charge in [0.1, 0.15) is 0 Å². The minimum Gasteiger partial charge on any atom is -0.475 e. The molecule has 4 rings (SSSR count). The number of nitrogens with one attached hydrogen (secondary N) is 1. The van der Waals surface area contributed by atoms with Crippen molar-refractivity contribution in [2.45, 2.75) is 51.1 Å². The SMILES string of the molecule is O=C(Nc1cccnc1)C1CC12CCN(C(=O)CC1CCCC1)C2.O=C(O)C(F)(F)F. The topological polar surface area (TPSA) is 99.6 Å². The van der Waals surface area contributed by atoms with Crippen LogP contribution in [0, 0.1) is 17.3 Å². The Morgan fingerprint density at radius 2 is 1.94 bits per heavy atom. The molecule has 7 nitrogen and oxygen atoms in total. The number of likely N-dealkylation sites (tertiary alicyclic amines) is 1. The van der Waals surface area contributed by atoms with Crippen LogP contribution in [0.1, 0.15) is 44.9 Å². The Hall–Kier alpha value is -2.65. The number of rotatable bonds is 4. The highest BCUT2D eigenvalue weighted by Gasteiger charge is 2.61. The number of aliphatic carboxylic acids is 1. The number of hydrogen-bond donors (Lipinski definition) is 2. The van der Waals surface area contributed by atoms with E-state index < -0.39 is 12.1 Å². The van der Waals surface area contributed by atoms with Crippen LogP contribution in [0.4, 0.5) is 18.9 Å². The molecule has 31 heavy (non-hydrogen) atoms. The number of nitrogens with zero attached hydrogens (tertiary/aromatic N) is 2. The fourth-order valence-corrected chi connectivity index (χ4v) is 4.53. The van der Waals surface area contributed by atoms with Gasteiger partial charge in [0.15, 0.2) is 0 Å². The fraction of sp³-hybridized carbons (Fsp3) is 0.619. The van der Waals surface area contributed by atoms with E-state index in [9.17, 15) is 22.8 Å². The Bertz CT molecular complexity index is 812. The van der Waals surface area contributed by atoms with Crippen molar-refractivity contribution in [1.82, 2.24) is 9.88 Å². The van der Waals surface area contributed by atoms with Gasteiger partial charge in [0.25, 0.3) is 0 Å². The fourth-order valence-electron chi connectivity index (χ4n) is 4.53. The third kappa shape index (κ3) is 5.95. The zero-order valence-corrected chi connectivity index (χ0v) is 17.0. The number of anilines is 1. The largest absolute Gasteiger partial charge is 0.490 e. The molecule has 0 radical (unpaired) electrons. The highest BCUT2D eigenvalue weighted by molar-refractivity contribution is 5.95. The monoisotopic (exact) mass is 441 g/mol. The van der Waals surface area contributed by atoms with E-state index in [2.05, 4.69) is 10.3 Å². The summed E-state index contributed by atoms with van der Waals surface area (Å²) in [5.74, 6) is -1.74. The summed E-state index contributed by atoms with van der Waals surface area (Å²) < 4.78 is 31.7. The molecule has 0 bridgehead atoms. The number of amides is 2. The lowest BCUT2D eigenvalue weighted by molar-refractivity contribution is -0.192. The van der Waals surface area contributed by atoms with E-state index >= 15 is 0 Å². The van der Waals surface area contributed by atoms with E-state index in [1.807, 2.05) is 17.0 Å². The molecule has 3 fully saturated rings. The lowest BCUT2D eigenvalue weighted by Crippen LogP contribution is -2.31. The van der Waals surface area contributed by atoms with E-state index in [4.69, 9.17) is 9.90 Å². The first-order valence-corrected chi connectivity index (χ1v) is 10.4. The standard InChI is InChI=1S/C19H25N3O2.C2HF3O2/c23-17(10-14-4-1-2-5-14)22-9-7-19(13-22)11-16(19)18(24)21-15-6-3-8-20-12-15;3-2(4,5)1(6)7/h3,6,8,12,14,16H,1-2,4-5,7,9-11,13H2,(H,21,24);(H,6,7). The van der Waals surface area contributed by atoms with Crippen LogP contribution in [0.3, 0.4) is 0 Å². The first kappa shape index (κ1) is 23.0. The van der Waals surface area contributed by atoms with Crippen molar-refractivity contribution in [3.05, 3.63) is 24.5 Å². The molecule has 1 spiro atoms. The average Bonchev–Trinajstić information content (AvgIpc) is 3.03. The van der Waals surface area contributed by atoms with E-state index in [0.717, 1.165) is 31.6 Å².